The zero-order chi connectivity index (χ0) is 17.1. The molecule has 0 fully saturated rings. The van der Waals surface area contributed by atoms with Gasteiger partial charge in [0.2, 0.25) is 5.89 Å². The SMILES string of the molecule is CC(C)(C)OC(=O)NC(C)(C)c1noc(CSc2nncs2)n1. The molecule has 0 aliphatic rings. The fourth-order valence-electron chi connectivity index (χ4n) is 1.53. The van der Waals surface area contributed by atoms with Crippen molar-refractivity contribution in [1.29, 1.82) is 0 Å². The van der Waals surface area contributed by atoms with Crippen LogP contribution in [0.3, 0.4) is 0 Å². The minimum Gasteiger partial charge on any atom is -0.444 e. The van der Waals surface area contributed by atoms with Gasteiger partial charge < -0.3 is 14.6 Å². The molecule has 0 saturated carbocycles. The molecule has 2 heterocycles. The maximum atomic E-state index is 11.9. The number of alkyl carbamates (subject to hydrolysis) is 1. The van der Waals surface area contributed by atoms with Crippen molar-refractivity contribution in [3.63, 3.8) is 0 Å². The molecule has 2 aromatic rings. The van der Waals surface area contributed by atoms with E-state index in [-0.39, 0.29) is 0 Å². The van der Waals surface area contributed by atoms with Gasteiger partial charge in [-0.25, -0.2) is 4.79 Å². The monoisotopic (exact) mass is 357 g/mol. The Morgan fingerprint density at radius 2 is 2.13 bits per heavy atom. The number of amides is 1. The lowest BCUT2D eigenvalue weighted by molar-refractivity contribution is 0.0465. The summed E-state index contributed by atoms with van der Waals surface area (Å²) in [5.41, 5.74) is 0.286. The Balaban J connectivity index is 1.96. The van der Waals surface area contributed by atoms with E-state index in [4.69, 9.17) is 9.26 Å². The van der Waals surface area contributed by atoms with Gasteiger partial charge in [0.05, 0.1) is 5.75 Å². The van der Waals surface area contributed by atoms with E-state index in [1.807, 2.05) is 0 Å². The van der Waals surface area contributed by atoms with Gasteiger partial charge in [0.1, 0.15) is 16.7 Å². The molecule has 10 heteroatoms. The van der Waals surface area contributed by atoms with E-state index >= 15 is 0 Å². The molecule has 2 rings (SSSR count). The predicted molar refractivity (Wildman–Crippen MR) is 86.2 cm³/mol. The molecule has 8 nitrogen and oxygen atoms in total. The van der Waals surface area contributed by atoms with Crippen LogP contribution in [-0.2, 0) is 16.0 Å². The second-order valence-electron chi connectivity index (χ2n) is 6.26. The van der Waals surface area contributed by atoms with Crippen molar-refractivity contribution in [3.05, 3.63) is 17.2 Å². The minimum atomic E-state index is -0.808. The summed E-state index contributed by atoms with van der Waals surface area (Å²) in [5, 5.41) is 14.4. The molecule has 1 amide bonds. The Morgan fingerprint density at radius 3 is 2.74 bits per heavy atom. The van der Waals surface area contributed by atoms with Crippen LogP contribution in [0.25, 0.3) is 0 Å². The molecule has 1 N–H and O–H groups in total. The first kappa shape index (κ1) is 17.7. The molecule has 0 saturated heterocycles. The lowest BCUT2D eigenvalue weighted by Crippen LogP contribution is -2.44. The van der Waals surface area contributed by atoms with Crippen molar-refractivity contribution in [3.8, 4) is 0 Å². The van der Waals surface area contributed by atoms with Gasteiger partial charge in [0.25, 0.3) is 0 Å². The summed E-state index contributed by atoms with van der Waals surface area (Å²) < 4.78 is 11.3. The highest BCUT2D eigenvalue weighted by molar-refractivity contribution is 8.00. The van der Waals surface area contributed by atoms with E-state index in [2.05, 4.69) is 25.7 Å². The van der Waals surface area contributed by atoms with Gasteiger partial charge in [-0.1, -0.05) is 28.3 Å². The predicted octanol–water partition coefficient (Wildman–Crippen LogP) is 2.97. The van der Waals surface area contributed by atoms with Gasteiger partial charge in [0, 0.05) is 0 Å². The van der Waals surface area contributed by atoms with Crippen molar-refractivity contribution in [2.75, 3.05) is 0 Å². The normalized spacial score (nSPS) is 12.2. The molecule has 126 valence electrons. The summed E-state index contributed by atoms with van der Waals surface area (Å²) in [5.74, 6) is 1.33. The van der Waals surface area contributed by atoms with Crippen LogP contribution in [0.5, 0.6) is 0 Å². The number of rotatable bonds is 5. The van der Waals surface area contributed by atoms with Gasteiger partial charge >= 0.3 is 6.09 Å². The van der Waals surface area contributed by atoms with Crippen LogP contribution in [0.15, 0.2) is 14.4 Å². The highest BCUT2D eigenvalue weighted by Crippen LogP contribution is 2.24. The molecule has 0 radical (unpaired) electrons. The third-order valence-corrected chi connectivity index (χ3v) is 4.34. The summed E-state index contributed by atoms with van der Waals surface area (Å²) in [6, 6.07) is 0. The topological polar surface area (TPSA) is 103 Å². The highest BCUT2D eigenvalue weighted by Gasteiger charge is 2.30. The number of nitrogens with zero attached hydrogens (tertiary/aromatic N) is 4. The first-order chi connectivity index (χ1) is 10.7. The van der Waals surface area contributed by atoms with Crippen LogP contribution in [0.1, 0.15) is 46.3 Å². The second-order valence-corrected chi connectivity index (χ2v) is 8.31. The molecule has 0 spiro atoms. The van der Waals surface area contributed by atoms with Crippen molar-refractivity contribution in [2.45, 2.75) is 55.9 Å². The van der Waals surface area contributed by atoms with E-state index < -0.39 is 17.2 Å². The van der Waals surface area contributed by atoms with Crippen molar-refractivity contribution < 1.29 is 14.1 Å². The summed E-state index contributed by atoms with van der Waals surface area (Å²) in [6.45, 7) is 8.97. The standard InChI is InChI=1S/C13H19N5O3S2/c1-12(2,3)20-10(19)16-13(4,5)9-15-8(21-18-9)6-22-11-17-14-7-23-11/h7H,6H2,1-5H3,(H,16,19). The minimum absolute atomic E-state index is 0.385. The molecule has 0 aliphatic heterocycles. The molecule has 2 aromatic heterocycles. The van der Waals surface area contributed by atoms with Crippen LogP contribution < -0.4 is 5.32 Å². The quantitative estimate of drug-likeness (QED) is 0.815. The molecule has 23 heavy (non-hydrogen) atoms. The number of hydrogen-bond acceptors (Lipinski definition) is 9. The van der Waals surface area contributed by atoms with Gasteiger partial charge in [-0.15, -0.1) is 10.2 Å². The molecular formula is C13H19N5O3S2. The van der Waals surface area contributed by atoms with Gasteiger partial charge in [-0.3, -0.25) is 0 Å². The average molecular weight is 357 g/mol. The summed E-state index contributed by atoms with van der Waals surface area (Å²) in [6.07, 6.45) is -0.530. The van der Waals surface area contributed by atoms with E-state index in [0.717, 1.165) is 4.34 Å². The number of carbonyl (C=O) groups excluding carboxylic acids is 1. The number of hydrogen-bond donors (Lipinski definition) is 1. The smallest absolute Gasteiger partial charge is 0.408 e. The van der Waals surface area contributed by atoms with E-state index in [0.29, 0.717) is 17.5 Å². The zero-order valence-corrected chi connectivity index (χ0v) is 15.2. The van der Waals surface area contributed by atoms with E-state index in [1.165, 1.54) is 23.1 Å². The number of carbonyl (C=O) groups is 1. The van der Waals surface area contributed by atoms with Gasteiger partial charge in [-0.2, -0.15) is 4.98 Å². The number of thioether (sulfide) groups is 1. The molecule has 0 unspecified atom stereocenters. The van der Waals surface area contributed by atoms with Crippen molar-refractivity contribution in [1.82, 2.24) is 25.7 Å². The molecule has 0 bridgehead atoms. The first-order valence-electron chi connectivity index (χ1n) is 6.89. The molecule has 0 aromatic carbocycles. The number of aromatic nitrogens is 4. The third-order valence-electron chi connectivity index (χ3n) is 2.50. The molecule has 0 aliphatic carbocycles. The van der Waals surface area contributed by atoms with Crippen LogP contribution in [0, 0.1) is 0 Å². The largest absolute Gasteiger partial charge is 0.444 e. The Bertz CT molecular complexity index is 649. The summed E-state index contributed by atoms with van der Waals surface area (Å²) in [7, 11) is 0. The van der Waals surface area contributed by atoms with E-state index in [1.54, 1.807) is 40.1 Å². The second kappa shape index (κ2) is 6.83. The van der Waals surface area contributed by atoms with Crippen molar-refractivity contribution in [2.24, 2.45) is 0 Å². The lowest BCUT2D eigenvalue weighted by Gasteiger charge is -2.26. The average Bonchev–Trinajstić information content (AvgIpc) is 3.05. The Labute approximate surface area is 142 Å². The lowest BCUT2D eigenvalue weighted by atomic mass is 10.1. The number of nitrogens with one attached hydrogen (secondary N) is 1. The van der Waals surface area contributed by atoms with Gasteiger partial charge in [-0.05, 0) is 34.6 Å². The maximum absolute atomic E-state index is 11.9. The van der Waals surface area contributed by atoms with E-state index in [9.17, 15) is 4.79 Å². The van der Waals surface area contributed by atoms with Gasteiger partial charge in [0.15, 0.2) is 10.2 Å². The Morgan fingerprint density at radius 1 is 1.39 bits per heavy atom. The summed E-state index contributed by atoms with van der Waals surface area (Å²) >= 11 is 2.91. The Hall–Kier alpha value is -1.68. The molecular weight excluding hydrogens is 338 g/mol. The molecule has 0 atom stereocenters. The van der Waals surface area contributed by atoms with Crippen LogP contribution >= 0.6 is 23.1 Å². The fourth-order valence-corrected chi connectivity index (χ4v) is 2.86. The highest BCUT2D eigenvalue weighted by atomic mass is 32.2. The van der Waals surface area contributed by atoms with Crippen LogP contribution in [0.2, 0.25) is 0 Å². The third kappa shape index (κ3) is 5.47. The Kier molecular flexibility index (Phi) is 5.25. The van der Waals surface area contributed by atoms with Crippen LogP contribution in [-0.4, -0.2) is 32.0 Å². The van der Waals surface area contributed by atoms with Crippen LogP contribution in [0.4, 0.5) is 4.79 Å². The maximum Gasteiger partial charge on any atom is 0.408 e. The fraction of sp³-hybridized carbons (Fsp3) is 0.615. The summed E-state index contributed by atoms with van der Waals surface area (Å²) in [4.78, 5) is 16.2. The zero-order valence-electron chi connectivity index (χ0n) is 13.6. The first-order valence-corrected chi connectivity index (χ1v) is 8.75. The number of ether oxygens (including phenoxy) is 1. The van der Waals surface area contributed by atoms with Crippen molar-refractivity contribution >= 4 is 29.2 Å².